The molecule has 1 atom stereocenters. The maximum absolute atomic E-state index is 6.10. The van der Waals surface area contributed by atoms with E-state index < -0.39 is 0 Å². The largest absolute Gasteiger partial charge is 0.370 e. The second kappa shape index (κ2) is 5.55. The van der Waals surface area contributed by atoms with Crippen LogP contribution in [0.25, 0.3) is 0 Å². The number of aliphatic imine (C=N–C) groups is 1. The van der Waals surface area contributed by atoms with E-state index in [9.17, 15) is 0 Å². The molecule has 1 heterocycles. The molecular formula is C13H25N3. The lowest BCUT2D eigenvalue weighted by Gasteiger charge is -2.30. The van der Waals surface area contributed by atoms with Crippen molar-refractivity contribution in [1.82, 2.24) is 4.90 Å². The molecule has 2 aliphatic rings. The summed E-state index contributed by atoms with van der Waals surface area (Å²) in [4.78, 5) is 6.85. The molecular weight excluding hydrogens is 198 g/mol. The van der Waals surface area contributed by atoms with E-state index in [0.717, 1.165) is 31.4 Å². The van der Waals surface area contributed by atoms with Gasteiger partial charge in [-0.05, 0) is 38.0 Å². The summed E-state index contributed by atoms with van der Waals surface area (Å²) in [6, 6.07) is 0.697. The van der Waals surface area contributed by atoms with E-state index in [1.807, 2.05) is 0 Å². The molecule has 1 saturated carbocycles. The molecule has 16 heavy (non-hydrogen) atoms. The fourth-order valence-corrected chi connectivity index (χ4v) is 3.23. The van der Waals surface area contributed by atoms with Gasteiger partial charge in [0.25, 0.3) is 0 Å². The minimum atomic E-state index is 0.697. The van der Waals surface area contributed by atoms with Crippen molar-refractivity contribution < 1.29 is 0 Å². The highest BCUT2D eigenvalue weighted by atomic mass is 15.3. The Kier molecular flexibility index (Phi) is 4.08. The van der Waals surface area contributed by atoms with Crippen LogP contribution >= 0.6 is 0 Å². The summed E-state index contributed by atoms with van der Waals surface area (Å²) in [7, 11) is 0. The van der Waals surface area contributed by atoms with Crippen LogP contribution in [0.4, 0.5) is 0 Å². The molecule has 1 unspecified atom stereocenters. The molecule has 0 radical (unpaired) electrons. The number of hydrogen-bond acceptors (Lipinski definition) is 1. The zero-order chi connectivity index (χ0) is 11.4. The van der Waals surface area contributed by atoms with Crippen LogP contribution in [0.1, 0.15) is 51.9 Å². The average Bonchev–Trinajstić information content (AvgIpc) is 2.94. The van der Waals surface area contributed by atoms with Crippen LogP contribution in [-0.4, -0.2) is 30.0 Å². The first-order valence-electron chi connectivity index (χ1n) is 6.89. The predicted molar refractivity (Wildman–Crippen MR) is 68.5 cm³/mol. The first-order chi connectivity index (χ1) is 7.83. The zero-order valence-corrected chi connectivity index (χ0v) is 10.5. The van der Waals surface area contributed by atoms with E-state index >= 15 is 0 Å². The van der Waals surface area contributed by atoms with Gasteiger partial charge in [0.1, 0.15) is 0 Å². The van der Waals surface area contributed by atoms with Gasteiger partial charge in [-0.1, -0.05) is 19.8 Å². The minimum Gasteiger partial charge on any atom is -0.370 e. The van der Waals surface area contributed by atoms with Crippen LogP contribution < -0.4 is 5.73 Å². The van der Waals surface area contributed by atoms with Gasteiger partial charge < -0.3 is 10.6 Å². The van der Waals surface area contributed by atoms with Gasteiger partial charge >= 0.3 is 0 Å². The van der Waals surface area contributed by atoms with E-state index in [0.29, 0.717) is 6.04 Å². The van der Waals surface area contributed by atoms with Crippen LogP contribution in [0.2, 0.25) is 0 Å². The fraction of sp³-hybridized carbons (Fsp3) is 0.923. The Morgan fingerprint density at radius 3 is 2.69 bits per heavy atom. The lowest BCUT2D eigenvalue weighted by molar-refractivity contribution is 0.278. The van der Waals surface area contributed by atoms with Gasteiger partial charge in [0, 0.05) is 19.1 Å². The van der Waals surface area contributed by atoms with Crippen molar-refractivity contribution in [2.24, 2.45) is 16.6 Å². The summed E-state index contributed by atoms with van der Waals surface area (Å²) in [5, 5.41) is 0. The monoisotopic (exact) mass is 223 g/mol. The second-order valence-corrected chi connectivity index (χ2v) is 5.19. The average molecular weight is 223 g/mol. The lowest BCUT2D eigenvalue weighted by atomic mass is 9.96. The molecule has 2 rings (SSSR count). The third-order valence-corrected chi connectivity index (χ3v) is 4.03. The number of guanidine groups is 1. The standard InChI is InChI=1S/C13H25N3/c1-2-9-15-13(14)16-10-5-8-12(16)11-6-3-4-7-11/h11-12H,2-10H2,1H3,(H2,14,15). The molecule has 2 fully saturated rings. The van der Waals surface area contributed by atoms with Crippen LogP contribution in [0.5, 0.6) is 0 Å². The van der Waals surface area contributed by atoms with Crippen molar-refractivity contribution in [3.05, 3.63) is 0 Å². The highest BCUT2D eigenvalue weighted by Gasteiger charge is 2.34. The summed E-state index contributed by atoms with van der Waals surface area (Å²) >= 11 is 0. The van der Waals surface area contributed by atoms with Crippen molar-refractivity contribution in [2.75, 3.05) is 13.1 Å². The van der Waals surface area contributed by atoms with Crippen LogP contribution in [0.15, 0.2) is 4.99 Å². The van der Waals surface area contributed by atoms with Gasteiger partial charge in [0.2, 0.25) is 0 Å². The van der Waals surface area contributed by atoms with E-state index in [1.54, 1.807) is 0 Å². The molecule has 0 spiro atoms. The van der Waals surface area contributed by atoms with Gasteiger partial charge in [-0.3, -0.25) is 4.99 Å². The molecule has 3 nitrogen and oxygen atoms in total. The highest BCUT2D eigenvalue weighted by Crippen LogP contribution is 2.35. The number of likely N-dealkylation sites (tertiary alicyclic amines) is 1. The maximum atomic E-state index is 6.10. The quantitative estimate of drug-likeness (QED) is 0.589. The molecule has 1 saturated heterocycles. The third kappa shape index (κ3) is 2.50. The van der Waals surface area contributed by atoms with Gasteiger partial charge in [0.15, 0.2) is 5.96 Å². The summed E-state index contributed by atoms with van der Waals surface area (Å²) in [5.41, 5.74) is 6.10. The Morgan fingerprint density at radius 1 is 1.25 bits per heavy atom. The molecule has 3 heteroatoms. The molecule has 0 amide bonds. The fourth-order valence-electron chi connectivity index (χ4n) is 3.23. The first-order valence-corrected chi connectivity index (χ1v) is 6.89. The van der Waals surface area contributed by atoms with Gasteiger partial charge in [0.05, 0.1) is 0 Å². The van der Waals surface area contributed by atoms with Crippen LogP contribution in [0, 0.1) is 5.92 Å². The van der Waals surface area contributed by atoms with E-state index in [1.165, 1.54) is 38.5 Å². The normalized spacial score (nSPS) is 27.9. The van der Waals surface area contributed by atoms with Crippen molar-refractivity contribution >= 4 is 5.96 Å². The maximum Gasteiger partial charge on any atom is 0.191 e. The van der Waals surface area contributed by atoms with Crippen molar-refractivity contribution in [1.29, 1.82) is 0 Å². The topological polar surface area (TPSA) is 41.6 Å². The number of nitrogens with two attached hydrogens (primary N) is 1. The summed E-state index contributed by atoms with van der Waals surface area (Å²) in [6.45, 7) is 4.15. The van der Waals surface area contributed by atoms with Crippen molar-refractivity contribution in [3.63, 3.8) is 0 Å². The molecule has 2 N–H and O–H groups in total. The summed E-state index contributed by atoms with van der Waals surface area (Å²) in [6.07, 6.45) is 9.35. The SMILES string of the molecule is CCCN=C(N)N1CCCC1C1CCCC1. The Hall–Kier alpha value is -0.730. The van der Waals surface area contributed by atoms with Crippen LogP contribution in [0.3, 0.4) is 0 Å². The molecule has 1 aliphatic heterocycles. The zero-order valence-electron chi connectivity index (χ0n) is 10.5. The van der Waals surface area contributed by atoms with Gasteiger partial charge in [-0.15, -0.1) is 0 Å². The molecule has 0 aromatic heterocycles. The van der Waals surface area contributed by atoms with Gasteiger partial charge in [-0.25, -0.2) is 0 Å². The molecule has 0 aromatic carbocycles. The summed E-state index contributed by atoms with van der Waals surface area (Å²) < 4.78 is 0. The second-order valence-electron chi connectivity index (χ2n) is 5.19. The number of rotatable bonds is 3. The smallest absolute Gasteiger partial charge is 0.191 e. The molecule has 0 aromatic rings. The molecule has 0 bridgehead atoms. The first kappa shape index (κ1) is 11.7. The Morgan fingerprint density at radius 2 is 2.00 bits per heavy atom. The van der Waals surface area contributed by atoms with Crippen LogP contribution in [-0.2, 0) is 0 Å². The van der Waals surface area contributed by atoms with Crippen molar-refractivity contribution in [2.45, 2.75) is 57.9 Å². The minimum absolute atomic E-state index is 0.697. The Labute approximate surface area is 99.1 Å². The third-order valence-electron chi connectivity index (χ3n) is 4.03. The van der Waals surface area contributed by atoms with Gasteiger partial charge in [-0.2, -0.15) is 0 Å². The molecule has 1 aliphatic carbocycles. The van der Waals surface area contributed by atoms with Crippen molar-refractivity contribution in [3.8, 4) is 0 Å². The Bertz CT molecular complexity index is 244. The van der Waals surface area contributed by atoms with E-state index in [4.69, 9.17) is 5.73 Å². The molecule has 92 valence electrons. The highest BCUT2D eigenvalue weighted by molar-refractivity contribution is 5.78. The number of nitrogens with zero attached hydrogens (tertiary/aromatic N) is 2. The summed E-state index contributed by atoms with van der Waals surface area (Å²) in [5.74, 6) is 1.69. The predicted octanol–water partition coefficient (Wildman–Crippen LogP) is 2.37. The van der Waals surface area contributed by atoms with E-state index in [2.05, 4.69) is 16.8 Å². The Balaban J connectivity index is 1.96. The number of hydrogen-bond donors (Lipinski definition) is 1. The van der Waals surface area contributed by atoms with E-state index in [-0.39, 0.29) is 0 Å². The lowest BCUT2D eigenvalue weighted by Crippen LogP contribution is -2.43.